The van der Waals surface area contributed by atoms with Gasteiger partial charge in [0.25, 0.3) is 0 Å². The van der Waals surface area contributed by atoms with Gasteiger partial charge in [-0.25, -0.2) is 0 Å². The first kappa shape index (κ1) is 12.4. The van der Waals surface area contributed by atoms with Gasteiger partial charge in [-0.3, -0.25) is 4.79 Å². The lowest BCUT2D eigenvalue weighted by molar-refractivity contribution is -0.122. The number of carbonyl (C=O) groups is 1. The van der Waals surface area contributed by atoms with Gasteiger partial charge < -0.3 is 0 Å². The van der Waals surface area contributed by atoms with Crippen molar-refractivity contribution in [2.75, 3.05) is 0 Å². The zero-order chi connectivity index (χ0) is 10.6. The van der Waals surface area contributed by atoms with Crippen LogP contribution in [-0.2, 0) is 4.79 Å². The van der Waals surface area contributed by atoms with Gasteiger partial charge >= 0.3 is 0 Å². The summed E-state index contributed by atoms with van der Waals surface area (Å²) in [6.07, 6.45) is 1.90. The highest BCUT2D eigenvalue weighted by molar-refractivity contribution is 5.98. The Kier molecular flexibility index (Phi) is 4.38. The Hall–Kier alpha value is -0.590. The number of carbonyl (C=O) groups excluding carboxylic acids is 1. The zero-order valence-corrected chi connectivity index (χ0v) is 9.61. The van der Waals surface area contributed by atoms with Crippen LogP contribution in [0.3, 0.4) is 0 Å². The molecular formula is C12H22O. The topological polar surface area (TPSA) is 17.1 Å². The Bertz CT molecular complexity index is 194. The second-order valence-corrected chi connectivity index (χ2v) is 5.12. The van der Waals surface area contributed by atoms with E-state index >= 15 is 0 Å². The lowest BCUT2D eigenvalue weighted by atomic mass is 9.85. The lowest BCUT2D eigenvalue weighted by Crippen LogP contribution is -2.21. The Morgan fingerprint density at radius 1 is 1.31 bits per heavy atom. The van der Waals surface area contributed by atoms with Crippen molar-refractivity contribution in [1.29, 1.82) is 0 Å². The molecule has 0 radical (unpaired) electrons. The van der Waals surface area contributed by atoms with Gasteiger partial charge in [-0.15, -0.1) is 0 Å². The van der Waals surface area contributed by atoms with Gasteiger partial charge in [0.05, 0.1) is 0 Å². The summed E-state index contributed by atoms with van der Waals surface area (Å²) < 4.78 is 0. The first-order valence-corrected chi connectivity index (χ1v) is 4.97. The van der Waals surface area contributed by atoms with Gasteiger partial charge in [0.2, 0.25) is 0 Å². The summed E-state index contributed by atoms with van der Waals surface area (Å²) in [5, 5.41) is 0. The van der Waals surface area contributed by atoms with E-state index in [4.69, 9.17) is 0 Å². The number of rotatable bonds is 4. The Morgan fingerprint density at radius 3 is 2.08 bits per heavy atom. The second kappa shape index (κ2) is 4.59. The number of Topliss-reactive ketones (excluding diaryl/α,β-unsaturated/α-hetero) is 1. The molecule has 0 unspecified atom stereocenters. The van der Waals surface area contributed by atoms with E-state index in [0.717, 1.165) is 18.4 Å². The van der Waals surface area contributed by atoms with E-state index in [0.29, 0.717) is 5.92 Å². The summed E-state index contributed by atoms with van der Waals surface area (Å²) in [6.45, 7) is 14.0. The van der Waals surface area contributed by atoms with E-state index in [2.05, 4.69) is 20.4 Å². The number of hydrogen-bond acceptors (Lipinski definition) is 1. The van der Waals surface area contributed by atoms with Crippen LogP contribution in [0.15, 0.2) is 12.2 Å². The number of allylic oxidation sites excluding steroid dienone is 1. The van der Waals surface area contributed by atoms with Gasteiger partial charge in [-0.2, -0.15) is 0 Å². The van der Waals surface area contributed by atoms with Crippen LogP contribution < -0.4 is 0 Å². The molecule has 1 nitrogen and oxygen atoms in total. The first-order chi connectivity index (χ1) is 5.75. The molecule has 0 aliphatic heterocycles. The van der Waals surface area contributed by atoms with Crippen LogP contribution in [0.1, 0.15) is 47.5 Å². The Balaban J connectivity index is 4.06. The summed E-state index contributed by atoms with van der Waals surface area (Å²) >= 11 is 0. The fraction of sp³-hybridized carbons (Fsp3) is 0.750. The lowest BCUT2D eigenvalue weighted by Gasteiger charge is -2.18. The summed E-state index contributed by atoms with van der Waals surface area (Å²) in [5.41, 5.74) is 0.509. The maximum Gasteiger partial charge on any atom is 0.163 e. The minimum atomic E-state index is -0.270. The van der Waals surface area contributed by atoms with Crippen LogP contribution in [0.4, 0.5) is 0 Å². The summed E-state index contributed by atoms with van der Waals surface area (Å²) in [7, 11) is 0. The predicted octanol–water partition coefficient (Wildman–Crippen LogP) is 3.59. The van der Waals surface area contributed by atoms with Crippen LogP contribution in [0.2, 0.25) is 0 Å². The van der Waals surface area contributed by atoms with Gasteiger partial charge in [-0.1, -0.05) is 41.2 Å². The fourth-order valence-electron chi connectivity index (χ4n) is 1.11. The van der Waals surface area contributed by atoms with E-state index in [-0.39, 0.29) is 11.2 Å². The Morgan fingerprint density at radius 2 is 1.77 bits per heavy atom. The molecule has 0 rings (SSSR count). The monoisotopic (exact) mass is 182 g/mol. The SMILES string of the molecule is C=C(CCC(C)C)C(=O)C(C)(C)C. The highest BCUT2D eigenvalue weighted by Gasteiger charge is 2.23. The summed E-state index contributed by atoms with van der Waals surface area (Å²) in [5.74, 6) is 0.845. The number of hydrogen-bond donors (Lipinski definition) is 0. The first-order valence-electron chi connectivity index (χ1n) is 4.97. The van der Waals surface area contributed by atoms with Crippen molar-refractivity contribution in [2.45, 2.75) is 47.5 Å². The van der Waals surface area contributed by atoms with Crippen molar-refractivity contribution in [1.82, 2.24) is 0 Å². The van der Waals surface area contributed by atoms with Crippen LogP contribution in [0.25, 0.3) is 0 Å². The van der Waals surface area contributed by atoms with Crippen molar-refractivity contribution >= 4 is 5.78 Å². The zero-order valence-electron chi connectivity index (χ0n) is 9.61. The molecule has 0 saturated carbocycles. The second-order valence-electron chi connectivity index (χ2n) is 5.12. The van der Waals surface area contributed by atoms with Crippen LogP contribution in [0.5, 0.6) is 0 Å². The van der Waals surface area contributed by atoms with Crippen molar-refractivity contribution in [3.63, 3.8) is 0 Å². The van der Waals surface area contributed by atoms with Gasteiger partial charge in [0.1, 0.15) is 0 Å². The van der Waals surface area contributed by atoms with Gasteiger partial charge in [-0.05, 0) is 24.3 Å². The maximum atomic E-state index is 11.7. The average molecular weight is 182 g/mol. The van der Waals surface area contributed by atoms with Crippen molar-refractivity contribution in [3.8, 4) is 0 Å². The van der Waals surface area contributed by atoms with Gasteiger partial charge in [0.15, 0.2) is 5.78 Å². The molecule has 0 aromatic heterocycles. The molecule has 0 aromatic rings. The third-order valence-electron chi connectivity index (χ3n) is 2.03. The molecule has 0 fully saturated rings. The molecule has 0 aromatic carbocycles. The molecule has 13 heavy (non-hydrogen) atoms. The molecule has 1 heteroatoms. The third kappa shape index (κ3) is 4.87. The van der Waals surface area contributed by atoms with Crippen LogP contribution in [-0.4, -0.2) is 5.78 Å². The van der Waals surface area contributed by atoms with Crippen molar-refractivity contribution < 1.29 is 4.79 Å². The van der Waals surface area contributed by atoms with E-state index in [1.54, 1.807) is 0 Å². The molecule has 0 heterocycles. The average Bonchev–Trinajstić information content (AvgIpc) is 1.96. The van der Waals surface area contributed by atoms with Crippen LogP contribution >= 0.6 is 0 Å². The maximum absolute atomic E-state index is 11.7. The summed E-state index contributed by atoms with van der Waals surface area (Å²) in [6, 6.07) is 0. The molecule has 0 atom stereocenters. The highest BCUT2D eigenvalue weighted by atomic mass is 16.1. The minimum Gasteiger partial charge on any atom is -0.294 e. The smallest absolute Gasteiger partial charge is 0.163 e. The summed E-state index contributed by atoms with van der Waals surface area (Å²) in [4.78, 5) is 11.7. The van der Waals surface area contributed by atoms with Crippen LogP contribution in [0, 0.1) is 11.3 Å². The minimum absolute atomic E-state index is 0.202. The van der Waals surface area contributed by atoms with E-state index in [1.807, 2.05) is 20.8 Å². The van der Waals surface area contributed by atoms with E-state index in [9.17, 15) is 4.79 Å². The molecule has 0 N–H and O–H groups in total. The molecule has 0 bridgehead atoms. The predicted molar refractivity (Wildman–Crippen MR) is 57.7 cm³/mol. The standard InChI is InChI=1S/C12H22O/c1-9(2)7-8-10(3)11(13)12(4,5)6/h9H,3,7-8H2,1-2,4-6H3. The van der Waals surface area contributed by atoms with E-state index in [1.165, 1.54) is 0 Å². The van der Waals surface area contributed by atoms with Crippen molar-refractivity contribution in [3.05, 3.63) is 12.2 Å². The highest BCUT2D eigenvalue weighted by Crippen LogP contribution is 2.22. The Labute approximate surface area is 82.2 Å². The fourth-order valence-corrected chi connectivity index (χ4v) is 1.11. The molecule has 76 valence electrons. The van der Waals surface area contributed by atoms with E-state index < -0.39 is 0 Å². The third-order valence-corrected chi connectivity index (χ3v) is 2.03. The largest absolute Gasteiger partial charge is 0.294 e. The normalized spacial score (nSPS) is 11.8. The molecule has 0 aliphatic carbocycles. The van der Waals surface area contributed by atoms with Gasteiger partial charge in [0, 0.05) is 5.41 Å². The molecular weight excluding hydrogens is 160 g/mol. The molecule has 0 saturated heterocycles. The number of ketones is 1. The molecule has 0 spiro atoms. The quantitative estimate of drug-likeness (QED) is 0.607. The molecule has 0 aliphatic rings. The molecule has 0 amide bonds. The van der Waals surface area contributed by atoms with Crippen molar-refractivity contribution in [2.24, 2.45) is 11.3 Å².